The molecule has 0 N–H and O–H groups in total. The zero-order valence-corrected chi connectivity index (χ0v) is 8.86. The third-order valence-electron chi connectivity index (χ3n) is 2.17. The highest BCUT2D eigenvalue weighted by Crippen LogP contribution is 2.25. The summed E-state index contributed by atoms with van der Waals surface area (Å²) in [5, 5.41) is 1.05. The van der Waals surface area contributed by atoms with Crippen LogP contribution in [0.2, 0.25) is 0 Å². The first-order valence-electron chi connectivity index (χ1n) is 4.91. The van der Waals surface area contributed by atoms with Crippen LogP contribution in [0, 0.1) is 0 Å². The first-order chi connectivity index (χ1) is 7.35. The van der Waals surface area contributed by atoms with Crippen LogP contribution in [0.5, 0.6) is 11.6 Å². The van der Waals surface area contributed by atoms with E-state index < -0.39 is 0 Å². The minimum Gasteiger partial charge on any atom is -0.494 e. The summed E-state index contributed by atoms with van der Waals surface area (Å²) >= 11 is 0. The Morgan fingerprint density at radius 2 is 2.07 bits per heavy atom. The summed E-state index contributed by atoms with van der Waals surface area (Å²) in [5.41, 5.74) is 0.839. The van der Waals surface area contributed by atoms with Crippen molar-refractivity contribution in [1.29, 1.82) is 0 Å². The Morgan fingerprint density at radius 1 is 1.20 bits per heavy atom. The maximum absolute atomic E-state index is 5.35. The summed E-state index contributed by atoms with van der Waals surface area (Å²) in [5.74, 6) is 1.41. The Kier molecular flexibility index (Phi) is 2.72. The van der Waals surface area contributed by atoms with Gasteiger partial charge in [-0.05, 0) is 19.1 Å². The molecule has 1 heterocycles. The van der Waals surface area contributed by atoms with Gasteiger partial charge in [0.15, 0.2) is 0 Å². The Hall–Kier alpha value is -1.77. The van der Waals surface area contributed by atoms with Crippen molar-refractivity contribution in [2.45, 2.75) is 6.92 Å². The van der Waals surface area contributed by atoms with Crippen molar-refractivity contribution < 1.29 is 9.47 Å². The fourth-order valence-corrected chi connectivity index (χ4v) is 1.49. The standard InChI is InChI=1S/C12H13NO2/c1-3-15-11-8-7-9-5-4-6-10(14-2)12(9)13-11/h4-8H,3H2,1-2H3. The van der Waals surface area contributed by atoms with Crippen LogP contribution in [0.25, 0.3) is 10.9 Å². The van der Waals surface area contributed by atoms with E-state index in [0.29, 0.717) is 12.5 Å². The lowest BCUT2D eigenvalue weighted by atomic mass is 10.2. The molecule has 1 aromatic carbocycles. The van der Waals surface area contributed by atoms with Crippen LogP contribution in [0.4, 0.5) is 0 Å². The first-order valence-corrected chi connectivity index (χ1v) is 4.91. The molecule has 0 radical (unpaired) electrons. The smallest absolute Gasteiger partial charge is 0.213 e. The first kappa shape index (κ1) is 9.77. The van der Waals surface area contributed by atoms with Gasteiger partial charge in [-0.2, -0.15) is 0 Å². The van der Waals surface area contributed by atoms with Gasteiger partial charge in [0.05, 0.1) is 13.7 Å². The number of hydrogen-bond donors (Lipinski definition) is 0. The molecular formula is C12H13NO2. The highest BCUT2D eigenvalue weighted by molar-refractivity contribution is 5.84. The van der Waals surface area contributed by atoms with Gasteiger partial charge in [0.2, 0.25) is 5.88 Å². The number of benzene rings is 1. The zero-order valence-electron chi connectivity index (χ0n) is 8.86. The summed E-state index contributed by atoms with van der Waals surface area (Å²) in [4.78, 5) is 4.39. The second-order valence-electron chi connectivity index (χ2n) is 3.11. The quantitative estimate of drug-likeness (QED) is 0.768. The minimum absolute atomic E-state index is 0.619. The Balaban J connectivity index is 2.57. The molecule has 0 spiro atoms. The van der Waals surface area contributed by atoms with E-state index in [9.17, 15) is 0 Å². The Morgan fingerprint density at radius 3 is 2.80 bits per heavy atom. The molecule has 2 aromatic rings. The van der Waals surface area contributed by atoms with Crippen LogP contribution in [0.15, 0.2) is 30.3 Å². The summed E-state index contributed by atoms with van der Waals surface area (Å²) < 4.78 is 10.6. The number of aromatic nitrogens is 1. The van der Waals surface area contributed by atoms with E-state index in [1.807, 2.05) is 37.3 Å². The predicted octanol–water partition coefficient (Wildman–Crippen LogP) is 2.64. The predicted molar refractivity (Wildman–Crippen MR) is 59.5 cm³/mol. The molecule has 1 aromatic heterocycles. The molecule has 3 heteroatoms. The molecule has 0 fully saturated rings. The number of hydrogen-bond acceptors (Lipinski definition) is 3. The average molecular weight is 203 g/mol. The lowest BCUT2D eigenvalue weighted by Crippen LogP contribution is -1.95. The van der Waals surface area contributed by atoms with Gasteiger partial charge in [-0.3, -0.25) is 0 Å². The van der Waals surface area contributed by atoms with Gasteiger partial charge >= 0.3 is 0 Å². The van der Waals surface area contributed by atoms with E-state index in [-0.39, 0.29) is 0 Å². The molecule has 0 amide bonds. The van der Waals surface area contributed by atoms with Crippen LogP contribution in [-0.2, 0) is 0 Å². The molecule has 3 nitrogen and oxygen atoms in total. The third kappa shape index (κ3) is 1.86. The van der Waals surface area contributed by atoms with Crippen LogP contribution in [0.3, 0.4) is 0 Å². The molecule has 0 saturated carbocycles. The number of fused-ring (bicyclic) bond motifs is 1. The van der Waals surface area contributed by atoms with Gasteiger partial charge in [0.25, 0.3) is 0 Å². The fraction of sp³-hybridized carbons (Fsp3) is 0.250. The van der Waals surface area contributed by atoms with Crippen LogP contribution in [0.1, 0.15) is 6.92 Å². The average Bonchev–Trinajstić information content (AvgIpc) is 2.28. The lowest BCUT2D eigenvalue weighted by Gasteiger charge is -2.06. The molecule has 0 aliphatic heterocycles. The van der Waals surface area contributed by atoms with E-state index in [1.54, 1.807) is 7.11 Å². The van der Waals surface area contributed by atoms with Gasteiger partial charge < -0.3 is 9.47 Å². The van der Waals surface area contributed by atoms with E-state index in [4.69, 9.17) is 9.47 Å². The maximum Gasteiger partial charge on any atom is 0.213 e. The Bertz CT molecular complexity index is 468. The van der Waals surface area contributed by atoms with Crippen molar-refractivity contribution >= 4 is 10.9 Å². The second-order valence-corrected chi connectivity index (χ2v) is 3.11. The van der Waals surface area contributed by atoms with Crippen molar-refractivity contribution in [2.24, 2.45) is 0 Å². The number of para-hydroxylation sites is 1. The monoisotopic (exact) mass is 203 g/mol. The van der Waals surface area contributed by atoms with Crippen molar-refractivity contribution in [1.82, 2.24) is 4.98 Å². The van der Waals surface area contributed by atoms with Crippen molar-refractivity contribution in [3.8, 4) is 11.6 Å². The van der Waals surface area contributed by atoms with Gasteiger partial charge in [-0.15, -0.1) is 0 Å². The maximum atomic E-state index is 5.35. The molecule has 78 valence electrons. The number of ether oxygens (including phenoxy) is 2. The van der Waals surface area contributed by atoms with Crippen molar-refractivity contribution in [3.63, 3.8) is 0 Å². The molecule has 0 unspecified atom stereocenters. The Labute approximate surface area is 88.7 Å². The van der Waals surface area contributed by atoms with E-state index in [1.165, 1.54) is 0 Å². The molecule has 0 saturated heterocycles. The highest BCUT2D eigenvalue weighted by Gasteiger charge is 2.03. The zero-order chi connectivity index (χ0) is 10.7. The molecule has 0 bridgehead atoms. The number of nitrogens with zero attached hydrogens (tertiary/aromatic N) is 1. The van der Waals surface area contributed by atoms with E-state index >= 15 is 0 Å². The SMILES string of the molecule is CCOc1ccc2cccc(OC)c2n1. The lowest BCUT2D eigenvalue weighted by molar-refractivity contribution is 0.327. The van der Waals surface area contributed by atoms with Crippen molar-refractivity contribution in [3.05, 3.63) is 30.3 Å². The van der Waals surface area contributed by atoms with Crippen LogP contribution < -0.4 is 9.47 Å². The molecule has 0 aliphatic carbocycles. The summed E-state index contributed by atoms with van der Waals surface area (Å²) in [6.07, 6.45) is 0. The van der Waals surface area contributed by atoms with E-state index in [0.717, 1.165) is 16.7 Å². The third-order valence-corrected chi connectivity index (χ3v) is 2.17. The molecule has 0 aliphatic rings. The van der Waals surface area contributed by atoms with Gasteiger partial charge in [0, 0.05) is 11.5 Å². The molecule has 0 atom stereocenters. The number of rotatable bonds is 3. The van der Waals surface area contributed by atoms with Crippen molar-refractivity contribution in [2.75, 3.05) is 13.7 Å². The van der Waals surface area contributed by atoms with Gasteiger partial charge in [0.1, 0.15) is 11.3 Å². The van der Waals surface area contributed by atoms with Crippen LogP contribution >= 0.6 is 0 Å². The number of methoxy groups -OCH3 is 1. The topological polar surface area (TPSA) is 31.4 Å². The fourth-order valence-electron chi connectivity index (χ4n) is 1.49. The molecule has 2 rings (SSSR count). The molecular weight excluding hydrogens is 190 g/mol. The summed E-state index contributed by atoms with van der Waals surface area (Å²) in [7, 11) is 1.64. The largest absolute Gasteiger partial charge is 0.494 e. The summed E-state index contributed by atoms with van der Waals surface area (Å²) in [6.45, 7) is 2.56. The normalized spacial score (nSPS) is 10.3. The van der Waals surface area contributed by atoms with Crippen LogP contribution in [-0.4, -0.2) is 18.7 Å². The van der Waals surface area contributed by atoms with Gasteiger partial charge in [-0.1, -0.05) is 12.1 Å². The minimum atomic E-state index is 0.619. The summed E-state index contributed by atoms with van der Waals surface area (Å²) in [6, 6.07) is 9.69. The molecule has 15 heavy (non-hydrogen) atoms. The number of pyridine rings is 1. The van der Waals surface area contributed by atoms with Gasteiger partial charge in [-0.25, -0.2) is 4.98 Å². The second kappa shape index (κ2) is 4.17. The highest BCUT2D eigenvalue weighted by atomic mass is 16.5. The van der Waals surface area contributed by atoms with E-state index in [2.05, 4.69) is 4.98 Å².